The molecule has 0 saturated heterocycles. The van der Waals surface area contributed by atoms with Crippen LogP contribution in [0.15, 0.2) is 6.07 Å². The summed E-state index contributed by atoms with van der Waals surface area (Å²) in [6.45, 7) is 11.3. The molecule has 1 N–H and O–H groups in total. The average Bonchev–Trinajstić information content (AvgIpc) is 2.70. The molecule has 1 atom stereocenters. The molecule has 3 heteroatoms. The van der Waals surface area contributed by atoms with E-state index in [0.717, 1.165) is 25.9 Å². The van der Waals surface area contributed by atoms with Crippen LogP contribution in [-0.2, 0) is 19.9 Å². The number of rotatable bonds is 9. The Morgan fingerprint density at radius 3 is 2.53 bits per heavy atom. The van der Waals surface area contributed by atoms with Gasteiger partial charge in [-0.25, -0.2) is 0 Å². The fourth-order valence-corrected chi connectivity index (χ4v) is 2.76. The van der Waals surface area contributed by atoms with E-state index in [4.69, 9.17) is 0 Å². The fourth-order valence-electron chi connectivity index (χ4n) is 2.76. The molecule has 0 amide bonds. The summed E-state index contributed by atoms with van der Waals surface area (Å²) in [6.07, 6.45) is 5.83. The summed E-state index contributed by atoms with van der Waals surface area (Å²) in [5.74, 6) is 0. The summed E-state index contributed by atoms with van der Waals surface area (Å²) in [5, 5.41) is 8.16. The van der Waals surface area contributed by atoms with Crippen LogP contribution in [0.1, 0.15) is 58.3 Å². The summed E-state index contributed by atoms with van der Waals surface area (Å²) < 4.78 is 2.06. The van der Waals surface area contributed by atoms with Crippen molar-refractivity contribution in [1.29, 1.82) is 0 Å². The first-order chi connectivity index (χ1) is 9.04. The molecule has 0 radical (unpaired) electrons. The van der Waals surface area contributed by atoms with Gasteiger partial charge < -0.3 is 5.32 Å². The van der Waals surface area contributed by atoms with Crippen molar-refractivity contribution in [2.45, 2.75) is 59.8 Å². The van der Waals surface area contributed by atoms with Crippen LogP contribution in [0.3, 0.4) is 0 Å². The van der Waals surface area contributed by atoms with Gasteiger partial charge in [-0.3, -0.25) is 4.68 Å². The number of aryl methyl sites for hydroxylation is 2. The van der Waals surface area contributed by atoms with Gasteiger partial charge in [0.1, 0.15) is 0 Å². The van der Waals surface area contributed by atoms with Crippen molar-refractivity contribution < 1.29 is 0 Å². The van der Waals surface area contributed by atoms with Gasteiger partial charge in [-0.15, -0.1) is 0 Å². The van der Waals surface area contributed by atoms with Crippen LogP contribution in [0.5, 0.6) is 0 Å². The van der Waals surface area contributed by atoms with Gasteiger partial charge >= 0.3 is 0 Å². The van der Waals surface area contributed by atoms with Crippen molar-refractivity contribution in [3.05, 3.63) is 17.5 Å². The first-order valence-corrected chi connectivity index (χ1v) is 7.77. The topological polar surface area (TPSA) is 29.9 Å². The van der Waals surface area contributed by atoms with Gasteiger partial charge in [-0.05, 0) is 43.7 Å². The maximum atomic E-state index is 4.57. The van der Waals surface area contributed by atoms with Gasteiger partial charge in [-0.2, -0.15) is 5.10 Å². The van der Waals surface area contributed by atoms with Crippen LogP contribution in [-0.4, -0.2) is 22.9 Å². The van der Waals surface area contributed by atoms with E-state index in [1.807, 2.05) is 0 Å². The SMILES string of the molecule is CCCNCC(C)(CCC)Cc1cc(CC)nn1C. The van der Waals surface area contributed by atoms with E-state index in [1.165, 1.54) is 30.7 Å². The highest BCUT2D eigenvalue weighted by Gasteiger charge is 2.25. The smallest absolute Gasteiger partial charge is 0.0624 e. The van der Waals surface area contributed by atoms with Crippen molar-refractivity contribution in [2.24, 2.45) is 12.5 Å². The molecule has 19 heavy (non-hydrogen) atoms. The highest BCUT2D eigenvalue weighted by atomic mass is 15.3. The molecule has 1 unspecified atom stereocenters. The zero-order valence-electron chi connectivity index (χ0n) is 13.4. The Labute approximate surface area is 118 Å². The molecule has 1 aromatic heterocycles. The lowest BCUT2D eigenvalue weighted by Gasteiger charge is -2.29. The summed E-state index contributed by atoms with van der Waals surface area (Å²) in [4.78, 5) is 0. The molecule has 3 nitrogen and oxygen atoms in total. The highest BCUT2D eigenvalue weighted by molar-refractivity contribution is 5.12. The maximum Gasteiger partial charge on any atom is 0.0624 e. The molecule has 0 aromatic carbocycles. The van der Waals surface area contributed by atoms with Gasteiger partial charge in [0.25, 0.3) is 0 Å². The predicted octanol–water partition coefficient (Wildman–Crippen LogP) is 3.33. The normalized spacial score (nSPS) is 14.6. The van der Waals surface area contributed by atoms with Crippen molar-refractivity contribution in [2.75, 3.05) is 13.1 Å². The van der Waals surface area contributed by atoms with Crippen LogP contribution < -0.4 is 5.32 Å². The highest BCUT2D eigenvalue weighted by Crippen LogP contribution is 2.27. The Morgan fingerprint density at radius 1 is 1.26 bits per heavy atom. The van der Waals surface area contributed by atoms with Crippen LogP contribution in [0.2, 0.25) is 0 Å². The average molecular weight is 265 g/mol. The van der Waals surface area contributed by atoms with Crippen molar-refractivity contribution >= 4 is 0 Å². The molecule has 1 aromatic rings. The fraction of sp³-hybridized carbons (Fsp3) is 0.812. The zero-order valence-corrected chi connectivity index (χ0v) is 13.4. The van der Waals surface area contributed by atoms with Gasteiger partial charge in [0, 0.05) is 19.3 Å². The largest absolute Gasteiger partial charge is 0.316 e. The maximum absolute atomic E-state index is 4.57. The lowest BCUT2D eigenvalue weighted by molar-refractivity contribution is 0.270. The first-order valence-electron chi connectivity index (χ1n) is 7.77. The van der Waals surface area contributed by atoms with Crippen molar-refractivity contribution in [3.63, 3.8) is 0 Å². The standard InChI is InChI=1S/C16H31N3/c1-6-9-16(4,13-17-10-7-2)12-15-11-14(8-3)18-19(15)5/h11,17H,6-10,12-13H2,1-5H3. The van der Waals surface area contributed by atoms with Gasteiger partial charge in [0.05, 0.1) is 5.69 Å². The summed E-state index contributed by atoms with van der Waals surface area (Å²) in [5.41, 5.74) is 2.91. The molecular formula is C16H31N3. The van der Waals surface area contributed by atoms with Crippen LogP contribution in [0, 0.1) is 5.41 Å². The number of aromatic nitrogens is 2. The number of hydrogen-bond acceptors (Lipinski definition) is 2. The molecule has 0 saturated carbocycles. The van der Waals surface area contributed by atoms with E-state index in [9.17, 15) is 0 Å². The Balaban J connectivity index is 2.72. The molecule has 0 aliphatic heterocycles. The number of nitrogens with zero attached hydrogens (tertiary/aromatic N) is 2. The van der Waals surface area contributed by atoms with E-state index in [2.05, 4.69) is 55.9 Å². The van der Waals surface area contributed by atoms with Crippen LogP contribution >= 0.6 is 0 Å². The second-order valence-electron chi connectivity index (χ2n) is 6.02. The molecule has 0 bridgehead atoms. The van der Waals surface area contributed by atoms with Gasteiger partial charge in [-0.1, -0.05) is 34.1 Å². The zero-order chi connectivity index (χ0) is 14.3. The third kappa shape index (κ3) is 4.98. The third-order valence-electron chi connectivity index (χ3n) is 3.83. The van der Waals surface area contributed by atoms with E-state index in [1.54, 1.807) is 0 Å². The predicted molar refractivity (Wildman–Crippen MR) is 82.5 cm³/mol. The summed E-state index contributed by atoms with van der Waals surface area (Å²) >= 11 is 0. The summed E-state index contributed by atoms with van der Waals surface area (Å²) in [6, 6.07) is 2.27. The minimum absolute atomic E-state index is 0.336. The van der Waals surface area contributed by atoms with E-state index >= 15 is 0 Å². The lowest BCUT2D eigenvalue weighted by Crippen LogP contribution is -2.34. The summed E-state index contributed by atoms with van der Waals surface area (Å²) in [7, 11) is 2.07. The van der Waals surface area contributed by atoms with E-state index in [0.29, 0.717) is 5.41 Å². The second kappa shape index (κ2) is 7.68. The third-order valence-corrected chi connectivity index (χ3v) is 3.83. The number of nitrogens with one attached hydrogen (secondary N) is 1. The Bertz CT molecular complexity index is 370. The molecule has 110 valence electrons. The first kappa shape index (κ1) is 16.2. The van der Waals surface area contributed by atoms with Gasteiger partial charge in [0.15, 0.2) is 0 Å². The molecule has 0 spiro atoms. The number of hydrogen-bond donors (Lipinski definition) is 1. The molecular weight excluding hydrogens is 234 g/mol. The van der Waals surface area contributed by atoms with Crippen LogP contribution in [0.25, 0.3) is 0 Å². The van der Waals surface area contributed by atoms with E-state index < -0.39 is 0 Å². The quantitative estimate of drug-likeness (QED) is 0.694. The van der Waals surface area contributed by atoms with Crippen molar-refractivity contribution in [3.8, 4) is 0 Å². The molecule has 1 rings (SSSR count). The van der Waals surface area contributed by atoms with E-state index in [-0.39, 0.29) is 0 Å². The van der Waals surface area contributed by atoms with Crippen molar-refractivity contribution in [1.82, 2.24) is 15.1 Å². The molecule has 1 heterocycles. The minimum atomic E-state index is 0.336. The molecule has 0 aliphatic carbocycles. The lowest BCUT2D eigenvalue weighted by atomic mass is 9.81. The Kier molecular flexibility index (Phi) is 6.56. The minimum Gasteiger partial charge on any atom is -0.316 e. The Hall–Kier alpha value is -0.830. The second-order valence-corrected chi connectivity index (χ2v) is 6.02. The Morgan fingerprint density at radius 2 is 2.00 bits per heavy atom. The monoisotopic (exact) mass is 265 g/mol. The van der Waals surface area contributed by atoms with Gasteiger partial charge in [0.2, 0.25) is 0 Å². The molecule has 0 fully saturated rings. The van der Waals surface area contributed by atoms with Crippen LogP contribution in [0.4, 0.5) is 0 Å². The molecule has 0 aliphatic rings.